The number of nitrogens with one attached hydrogen (secondary N) is 1. The van der Waals surface area contributed by atoms with Gasteiger partial charge < -0.3 is 14.5 Å². The monoisotopic (exact) mass is 432 g/mol. The van der Waals surface area contributed by atoms with E-state index in [9.17, 15) is 9.59 Å². The number of pyridine rings is 1. The van der Waals surface area contributed by atoms with Crippen LogP contribution in [0.15, 0.2) is 67.0 Å². The zero-order valence-electron chi connectivity index (χ0n) is 17.8. The number of hydrogen-bond acceptors (Lipinski definition) is 5. The molecule has 0 aliphatic carbocycles. The SMILES string of the molecule is CC(C)(C)OC(=O)Oc1cccc(C(=O)c2c[nH]c3ncc(-c4ccccc4)cc23)c1F. The predicted octanol–water partition coefficient (Wildman–Crippen LogP) is 5.91. The highest BCUT2D eigenvalue weighted by Gasteiger charge is 2.24. The van der Waals surface area contributed by atoms with Gasteiger partial charge >= 0.3 is 6.16 Å². The largest absolute Gasteiger partial charge is 0.514 e. The summed E-state index contributed by atoms with van der Waals surface area (Å²) < 4.78 is 25.1. The first-order valence-electron chi connectivity index (χ1n) is 9.99. The lowest BCUT2D eigenvalue weighted by molar-refractivity contribution is 0.0197. The van der Waals surface area contributed by atoms with Crippen molar-refractivity contribution in [3.63, 3.8) is 0 Å². The van der Waals surface area contributed by atoms with Crippen LogP contribution in [-0.2, 0) is 4.74 Å². The van der Waals surface area contributed by atoms with Crippen LogP contribution in [0, 0.1) is 5.82 Å². The molecule has 4 rings (SSSR count). The zero-order valence-corrected chi connectivity index (χ0v) is 17.8. The smallest absolute Gasteiger partial charge is 0.428 e. The van der Waals surface area contributed by atoms with E-state index in [0.717, 1.165) is 11.1 Å². The van der Waals surface area contributed by atoms with Crippen molar-refractivity contribution in [3.05, 3.63) is 83.9 Å². The molecular formula is C25H21FN2O4. The lowest BCUT2D eigenvalue weighted by Gasteiger charge is -2.18. The Hall–Kier alpha value is -4.00. The summed E-state index contributed by atoms with van der Waals surface area (Å²) in [5, 5.41) is 0.564. The number of benzene rings is 2. The quantitative estimate of drug-likeness (QED) is 0.246. The summed E-state index contributed by atoms with van der Waals surface area (Å²) in [6, 6.07) is 15.5. The molecule has 0 radical (unpaired) electrons. The van der Waals surface area contributed by atoms with E-state index in [4.69, 9.17) is 9.47 Å². The molecule has 32 heavy (non-hydrogen) atoms. The van der Waals surface area contributed by atoms with Gasteiger partial charge in [0.25, 0.3) is 0 Å². The molecule has 162 valence electrons. The fraction of sp³-hybridized carbons (Fsp3) is 0.160. The molecule has 2 heterocycles. The summed E-state index contributed by atoms with van der Waals surface area (Å²) >= 11 is 0. The van der Waals surface area contributed by atoms with E-state index in [1.807, 2.05) is 36.4 Å². The molecule has 2 aromatic carbocycles. The molecule has 0 bridgehead atoms. The van der Waals surface area contributed by atoms with Gasteiger partial charge in [-0.2, -0.15) is 0 Å². The number of carbonyl (C=O) groups is 2. The molecule has 1 N–H and O–H groups in total. The van der Waals surface area contributed by atoms with Gasteiger partial charge in [-0.3, -0.25) is 4.79 Å². The summed E-state index contributed by atoms with van der Waals surface area (Å²) in [5.41, 5.74) is 1.52. The van der Waals surface area contributed by atoms with Crippen molar-refractivity contribution in [3.8, 4) is 16.9 Å². The van der Waals surface area contributed by atoms with E-state index < -0.39 is 23.4 Å². The fourth-order valence-electron chi connectivity index (χ4n) is 3.25. The number of halogens is 1. The molecule has 0 amide bonds. The molecule has 0 aliphatic rings. The third-order valence-corrected chi connectivity index (χ3v) is 4.67. The van der Waals surface area contributed by atoms with Crippen molar-refractivity contribution in [2.45, 2.75) is 26.4 Å². The number of nitrogens with zero attached hydrogens (tertiary/aromatic N) is 1. The maximum atomic E-state index is 15.1. The van der Waals surface area contributed by atoms with Crippen LogP contribution in [0.3, 0.4) is 0 Å². The van der Waals surface area contributed by atoms with E-state index in [1.54, 1.807) is 27.0 Å². The minimum Gasteiger partial charge on any atom is -0.428 e. The van der Waals surface area contributed by atoms with E-state index in [-0.39, 0.29) is 16.9 Å². The van der Waals surface area contributed by atoms with Gasteiger partial charge in [-0.25, -0.2) is 14.2 Å². The van der Waals surface area contributed by atoms with Gasteiger partial charge in [-0.05, 0) is 44.5 Å². The first-order chi connectivity index (χ1) is 15.2. The van der Waals surface area contributed by atoms with Crippen LogP contribution >= 0.6 is 0 Å². The average Bonchev–Trinajstić information content (AvgIpc) is 3.17. The predicted molar refractivity (Wildman–Crippen MR) is 118 cm³/mol. The molecule has 6 nitrogen and oxygen atoms in total. The maximum absolute atomic E-state index is 15.1. The summed E-state index contributed by atoms with van der Waals surface area (Å²) in [6.45, 7) is 5.00. The highest BCUT2D eigenvalue weighted by Crippen LogP contribution is 2.29. The lowest BCUT2D eigenvalue weighted by atomic mass is 10.0. The molecule has 0 aliphatic heterocycles. The van der Waals surface area contributed by atoms with Crippen LogP contribution in [0.4, 0.5) is 9.18 Å². The van der Waals surface area contributed by atoms with Crippen LogP contribution in [0.1, 0.15) is 36.7 Å². The van der Waals surface area contributed by atoms with Gasteiger partial charge in [-0.15, -0.1) is 0 Å². The molecule has 2 aromatic heterocycles. The van der Waals surface area contributed by atoms with E-state index in [1.165, 1.54) is 24.4 Å². The summed E-state index contributed by atoms with van der Waals surface area (Å²) in [7, 11) is 0. The van der Waals surface area contributed by atoms with Crippen molar-refractivity contribution in [2.24, 2.45) is 0 Å². The normalized spacial score (nSPS) is 11.4. The number of carbonyl (C=O) groups excluding carboxylic acids is 2. The Morgan fingerprint density at radius 2 is 1.72 bits per heavy atom. The topological polar surface area (TPSA) is 81.3 Å². The average molecular weight is 432 g/mol. The highest BCUT2D eigenvalue weighted by molar-refractivity contribution is 6.16. The van der Waals surface area contributed by atoms with Gasteiger partial charge in [0.2, 0.25) is 0 Å². The fourth-order valence-corrected chi connectivity index (χ4v) is 3.25. The number of rotatable bonds is 4. The first kappa shape index (κ1) is 21.2. The Bertz CT molecular complexity index is 1310. The van der Waals surface area contributed by atoms with Crippen LogP contribution in [0.2, 0.25) is 0 Å². The highest BCUT2D eigenvalue weighted by atomic mass is 19.1. The van der Waals surface area contributed by atoms with Crippen molar-refractivity contribution >= 4 is 23.0 Å². The van der Waals surface area contributed by atoms with Gasteiger partial charge in [-0.1, -0.05) is 36.4 Å². The van der Waals surface area contributed by atoms with Gasteiger partial charge in [0, 0.05) is 28.9 Å². The van der Waals surface area contributed by atoms with Crippen molar-refractivity contribution in [2.75, 3.05) is 0 Å². The van der Waals surface area contributed by atoms with Crippen LogP contribution in [-0.4, -0.2) is 27.5 Å². The Morgan fingerprint density at radius 1 is 0.969 bits per heavy atom. The molecule has 0 saturated carbocycles. The second kappa shape index (κ2) is 8.26. The molecule has 0 atom stereocenters. The first-order valence-corrected chi connectivity index (χ1v) is 9.99. The van der Waals surface area contributed by atoms with Crippen molar-refractivity contribution in [1.29, 1.82) is 0 Å². The van der Waals surface area contributed by atoms with Gasteiger partial charge in [0.1, 0.15) is 11.2 Å². The number of aromatic amines is 1. The number of H-pyrrole nitrogens is 1. The Kier molecular flexibility index (Phi) is 5.48. The molecule has 7 heteroatoms. The van der Waals surface area contributed by atoms with Crippen molar-refractivity contribution < 1.29 is 23.5 Å². The summed E-state index contributed by atoms with van der Waals surface area (Å²) in [5.74, 6) is -1.88. The Balaban J connectivity index is 1.68. The summed E-state index contributed by atoms with van der Waals surface area (Å²) in [4.78, 5) is 32.5. The molecule has 4 aromatic rings. The maximum Gasteiger partial charge on any atom is 0.514 e. The van der Waals surface area contributed by atoms with Crippen LogP contribution < -0.4 is 4.74 Å². The van der Waals surface area contributed by atoms with Crippen LogP contribution in [0.5, 0.6) is 5.75 Å². The van der Waals surface area contributed by atoms with E-state index in [2.05, 4.69) is 9.97 Å². The Labute approximate surface area is 184 Å². The summed E-state index contributed by atoms with van der Waals surface area (Å²) in [6.07, 6.45) is 2.15. The van der Waals surface area contributed by atoms with E-state index >= 15 is 4.39 Å². The minimum atomic E-state index is -1.05. The van der Waals surface area contributed by atoms with Crippen molar-refractivity contribution in [1.82, 2.24) is 9.97 Å². The third-order valence-electron chi connectivity index (χ3n) is 4.67. The van der Waals surface area contributed by atoms with Crippen LogP contribution in [0.25, 0.3) is 22.2 Å². The third kappa shape index (κ3) is 4.37. The number of ether oxygens (including phenoxy) is 2. The molecule has 0 saturated heterocycles. The van der Waals surface area contributed by atoms with Gasteiger partial charge in [0.05, 0.1) is 5.56 Å². The molecular weight excluding hydrogens is 411 g/mol. The standard InChI is InChI=1S/C25H21FN2O4/c1-25(2,3)32-24(30)31-20-11-7-10-17(21(20)26)22(29)19-14-28-23-18(19)12-16(13-27-23)15-8-5-4-6-9-15/h4-14H,1-3H3,(H,27,28). The molecule has 0 spiro atoms. The number of aromatic nitrogens is 2. The zero-order chi connectivity index (χ0) is 22.9. The Morgan fingerprint density at radius 3 is 2.44 bits per heavy atom. The number of hydrogen-bond donors (Lipinski definition) is 1. The van der Waals surface area contributed by atoms with Gasteiger partial charge in [0.15, 0.2) is 17.3 Å². The second-order valence-corrected chi connectivity index (χ2v) is 8.20. The molecule has 0 fully saturated rings. The second-order valence-electron chi connectivity index (χ2n) is 8.20. The minimum absolute atomic E-state index is 0.225. The lowest BCUT2D eigenvalue weighted by Crippen LogP contribution is -2.26. The van der Waals surface area contributed by atoms with E-state index in [0.29, 0.717) is 11.0 Å². The molecule has 0 unspecified atom stereocenters. The number of fused-ring (bicyclic) bond motifs is 1. The number of ketones is 1.